The van der Waals surface area contributed by atoms with Gasteiger partial charge in [-0.1, -0.05) is 18.6 Å². The first-order valence-electron chi connectivity index (χ1n) is 9.50. The summed E-state index contributed by atoms with van der Waals surface area (Å²) in [5.41, 5.74) is 0.584. The number of alkyl halides is 2. The molecule has 1 aromatic rings. The van der Waals surface area contributed by atoms with Gasteiger partial charge in [0.15, 0.2) is 17.5 Å². The summed E-state index contributed by atoms with van der Waals surface area (Å²) in [6, 6.07) is 5.11. The standard InChI is InChI=1S/C19H30F2N4O2.HI/c1-3-26-16-9-7-8-15(17(16)27-18(20)21)14-24-19(22-2)23-10-13-25-11-5-4-6-12-25;/h7-9,18H,3-6,10-14H2,1-2H3,(H2,22,23,24);1H. The maximum atomic E-state index is 12.8. The van der Waals surface area contributed by atoms with E-state index in [9.17, 15) is 8.78 Å². The van der Waals surface area contributed by atoms with Gasteiger partial charge in [-0.25, -0.2) is 0 Å². The minimum absolute atomic E-state index is 0. The van der Waals surface area contributed by atoms with Gasteiger partial charge in [0, 0.05) is 32.2 Å². The first-order valence-corrected chi connectivity index (χ1v) is 9.50. The molecule has 0 radical (unpaired) electrons. The van der Waals surface area contributed by atoms with Crippen LogP contribution in [0.15, 0.2) is 23.2 Å². The van der Waals surface area contributed by atoms with E-state index in [4.69, 9.17) is 9.47 Å². The fourth-order valence-corrected chi connectivity index (χ4v) is 3.11. The molecule has 28 heavy (non-hydrogen) atoms. The molecule has 1 aliphatic rings. The quantitative estimate of drug-likeness (QED) is 0.302. The van der Waals surface area contributed by atoms with Crippen LogP contribution in [-0.4, -0.2) is 57.3 Å². The minimum atomic E-state index is -2.91. The molecular weight excluding hydrogens is 481 g/mol. The Morgan fingerprint density at radius 2 is 1.96 bits per heavy atom. The Bertz CT molecular complexity index is 599. The fourth-order valence-electron chi connectivity index (χ4n) is 3.11. The number of likely N-dealkylation sites (tertiary alicyclic amines) is 1. The molecule has 0 atom stereocenters. The van der Waals surface area contributed by atoms with Gasteiger partial charge < -0.3 is 25.0 Å². The van der Waals surface area contributed by atoms with Crippen LogP contribution in [0.3, 0.4) is 0 Å². The fraction of sp³-hybridized carbons (Fsp3) is 0.632. The molecule has 2 rings (SSSR count). The first kappa shape index (κ1) is 24.7. The van der Waals surface area contributed by atoms with Crippen LogP contribution >= 0.6 is 24.0 Å². The average molecular weight is 512 g/mol. The average Bonchev–Trinajstić information content (AvgIpc) is 2.67. The molecule has 0 aliphatic carbocycles. The van der Waals surface area contributed by atoms with Crippen molar-refractivity contribution in [3.63, 3.8) is 0 Å². The number of rotatable bonds is 9. The van der Waals surface area contributed by atoms with Crippen molar-refractivity contribution in [1.82, 2.24) is 15.5 Å². The van der Waals surface area contributed by atoms with E-state index in [-0.39, 0.29) is 29.7 Å². The molecule has 1 aromatic carbocycles. The van der Waals surface area contributed by atoms with Crippen molar-refractivity contribution >= 4 is 29.9 Å². The summed E-state index contributed by atoms with van der Waals surface area (Å²) < 4.78 is 35.7. The van der Waals surface area contributed by atoms with Crippen LogP contribution in [0.5, 0.6) is 11.5 Å². The lowest BCUT2D eigenvalue weighted by Gasteiger charge is -2.26. The van der Waals surface area contributed by atoms with E-state index in [1.807, 2.05) is 0 Å². The van der Waals surface area contributed by atoms with Gasteiger partial charge in [0.1, 0.15) is 0 Å². The molecule has 0 unspecified atom stereocenters. The topological polar surface area (TPSA) is 58.1 Å². The van der Waals surface area contributed by atoms with E-state index < -0.39 is 6.61 Å². The highest BCUT2D eigenvalue weighted by atomic mass is 127. The number of halogens is 3. The van der Waals surface area contributed by atoms with Crippen molar-refractivity contribution < 1.29 is 18.3 Å². The third-order valence-electron chi connectivity index (χ3n) is 4.41. The highest BCUT2D eigenvalue weighted by Crippen LogP contribution is 2.32. The highest BCUT2D eigenvalue weighted by Gasteiger charge is 2.16. The van der Waals surface area contributed by atoms with Crippen LogP contribution in [0, 0.1) is 0 Å². The Balaban J connectivity index is 0.00000392. The summed E-state index contributed by atoms with van der Waals surface area (Å²) in [5, 5.41) is 6.41. The lowest BCUT2D eigenvalue weighted by molar-refractivity contribution is -0.0520. The third kappa shape index (κ3) is 8.34. The second kappa shape index (κ2) is 13.8. The zero-order valence-corrected chi connectivity index (χ0v) is 18.9. The Hall–Kier alpha value is -1.36. The molecule has 0 saturated carbocycles. The summed E-state index contributed by atoms with van der Waals surface area (Å²) in [4.78, 5) is 6.63. The van der Waals surface area contributed by atoms with Crippen molar-refractivity contribution in [2.24, 2.45) is 4.99 Å². The molecule has 160 valence electrons. The van der Waals surface area contributed by atoms with Crippen LogP contribution in [0.1, 0.15) is 31.7 Å². The van der Waals surface area contributed by atoms with Gasteiger partial charge in [0.25, 0.3) is 0 Å². The number of aliphatic imine (C=N–C) groups is 1. The van der Waals surface area contributed by atoms with Crippen LogP contribution in [0.2, 0.25) is 0 Å². The first-order chi connectivity index (χ1) is 13.1. The van der Waals surface area contributed by atoms with Gasteiger partial charge in [0.2, 0.25) is 0 Å². The number of nitrogens with zero attached hydrogens (tertiary/aromatic N) is 2. The zero-order valence-electron chi connectivity index (χ0n) is 16.5. The number of hydrogen-bond donors (Lipinski definition) is 2. The van der Waals surface area contributed by atoms with Crippen molar-refractivity contribution in [2.45, 2.75) is 39.3 Å². The van der Waals surface area contributed by atoms with Crippen LogP contribution in [0.25, 0.3) is 0 Å². The molecular formula is C19H31F2IN4O2. The molecule has 6 nitrogen and oxygen atoms in total. The molecule has 1 heterocycles. The second-order valence-electron chi connectivity index (χ2n) is 6.31. The van der Waals surface area contributed by atoms with Gasteiger partial charge in [-0.3, -0.25) is 4.99 Å². The maximum absolute atomic E-state index is 12.8. The Morgan fingerprint density at radius 3 is 2.61 bits per heavy atom. The van der Waals surface area contributed by atoms with Crippen LogP contribution < -0.4 is 20.1 Å². The van der Waals surface area contributed by atoms with Gasteiger partial charge in [-0.2, -0.15) is 8.78 Å². The summed E-state index contributed by atoms with van der Waals surface area (Å²) in [6.45, 7) is 3.58. The van der Waals surface area contributed by atoms with Gasteiger partial charge in [-0.05, 0) is 38.9 Å². The van der Waals surface area contributed by atoms with Gasteiger partial charge in [0.05, 0.1) is 6.61 Å². The van der Waals surface area contributed by atoms with E-state index in [2.05, 4.69) is 20.5 Å². The number of para-hydroxylation sites is 1. The minimum Gasteiger partial charge on any atom is -0.490 e. The zero-order chi connectivity index (χ0) is 19.5. The highest BCUT2D eigenvalue weighted by molar-refractivity contribution is 14.0. The summed E-state index contributed by atoms with van der Waals surface area (Å²) in [7, 11) is 1.68. The van der Waals surface area contributed by atoms with Crippen molar-refractivity contribution in [1.29, 1.82) is 0 Å². The Labute approximate surface area is 183 Å². The number of nitrogens with one attached hydrogen (secondary N) is 2. The molecule has 1 fully saturated rings. The van der Waals surface area contributed by atoms with E-state index in [0.717, 1.165) is 26.2 Å². The number of benzene rings is 1. The molecule has 0 bridgehead atoms. The Kier molecular flexibility index (Phi) is 12.1. The molecule has 1 saturated heterocycles. The molecule has 0 aromatic heterocycles. The predicted molar refractivity (Wildman–Crippen MR) is 118 cm³/mol. The van der Waals surface area contributed by atoms with E-state index in [0.29, 0.717) is 30.4 Å². The van der Waals surface area contributed by atoms with Crippen molar-refractivity contribution in [3.8, 4) is 11.5 Å². The lowest BCUT2D eigenvalue weighted by atomic mass is 10.1. The Morgan fingerprint density at radius 1 is 1.21 bits per heavy atom. The second-order valence-corrected chi connectivity index (χ2v) is 6.31. The van der Waals surface area contributed by atoms with E-state index in [1.165, 1.54) is 19.3 Å². The van der Waals surface area contributed by atoms with Gasteiger partial charge in [-0.15, -0.1) is 24.0 Å². The summed E-state index contributed by atoms with van der Waals surface area (Å²) in [5.74, 6) is 0.993. The largest absolute Gasteiger partial charge is 0.490 e. The molecule has 2 N–H and O–H groups in total. The summed E-state index contributed by atoms with van der Waals surface area (Å²) >= 11 is 0. The molecule has 0 spiro atoms. The van der Waals surface area contributed by atoms with Crippen LogP contribution in [0.4, 0.5) is 8.78 Å². The third-order valence-corrected chi connectivity index (χ3v) is 4.41. The van der Waals surface area contributed by atoms with E-state index in [1.54, 1.807) is 32.2 Å². The van der Waals surface area contributed by atoms with Gasteiger partial charge >= 0.3 is 6.61 Å². The number of guanidine groups is 1. The molecule has 0 amide bonds. The molecule has 1 aliphatic heterocycles. The van der Waals surface area contributed by atoms with Crippen molar-refractivity contribution in [2.75, 3.05) is 39.8 Å². The van der Waals surface area contributed by atoms with E-state index >= 15 is 0 Å². The normalized spacial score (nSPS) is 15.1. The number of hydrogen-bond acceptors (Lipinski definition) is 4. The SMILES string of the molecule is CCOc1cccc(CNC(=NC)NCCN2CCCCC2)c1OC(F)F.I. The lowest BCUT2D eigenvalue weighted by Crippen LogP contribution is -2.42. The number of piperidine rings is 1. The monoisotopic (exact) mass is 512 g/mol. The summed E-state index contributed by atoms with van der Waals surface area (Å²) in [6.07, 6.45) is 3.84. The number of ether oxygens (including phenoxy) is 2. The predicted octanol–water partition coefficient (Wildman–Crippen LogP) is 3.46. The smallest absolute Gasteiger partial charge is 0.387 e. The maximum Gasteiger partial charge on any atom is 0.387 e. The van der Waals surface area contributed by atoms with Crippen molar-refractivity contribution in [3.05, 3.63) is 23.8 Å². The van der Waals surface area contributed by atoms with Crippen LogP contribution in [-0.2, 0) is 6.54 Å². The molecule has 9 heteroatoms.